The van der Waals surface area contributed by atoms with Crippen LogP contribution in [0, 0.1) is 0 Å². The van der Waals surface area contributed by atoms with Gasteiger partial charge in [0, 0.05) is 42.0 Å². The Morgan fingerprint density at radius 1 is 1.30 bits per heavy atom. The summed E-state index contributed by atoms with van der Waals surface area (Å²) >= 11 is 12.2. The van der Waals surface area contributed by atoms with Crippen molar-refractivity contribution in [2.24, 2.45) is 0 Å². The topological polar surface area (TPSA) is 82.5 Å². The van der Waals surface area contributed by atoms with E-state index in [1.165, 1.54) is 12.3 Å². The molecular formula is C19H17Cl2N3O3. The van der Waals surface area contributed by atoms with Gasteiger partial charge in [0.25, 0.3) is 5.91 Å². The van der Waals surface area contributed by atoms with Crippen molar-refractivity contribution in [1.82, 2.24) is 9.88 Å². The predicted molar refractivity (Wildman–Crippen MR) is 105 cm³/mol. The standard InChI is InChI=1S/C19H17Cl2N3O3/c20-14-3-1-2-13(9-14)19(27)24-7-6-15(11-24)23-18-16(21)8-12(10-22-18)4-5-17(25)26/h1-5,8-10,15H,6-7,11H2,(H,22,23)(H,25,26)/t15-/m1/s1. The van der Waals surface area contributed by atoms with Crippen molar-refractivity contribution in [3.8, 4) is 0 Å². The third kappa shape index (κ3) is 4.99. The first kappa shape index (κ1) is 19.2. The molecule has 8 heteroatoms. The smallest absolute Gasteiger partial charge is 0.328 e. The van der Waals surface area contributed by atoms with Gasteiger partial charge in [-0.1, -0.05) is 29.3 Å². The molecule has 2 N–H and O–H groups in total. The zero-order valence-electron chi connectivity index (χ0n) is 14.2. The number of rotatable bonds is 5. The van der Waals surface area contributed by atoms with Crippen LogP contribution in [-0.4, -0.2) is 46.0 Å². The van der Waals surface area contributed by atoms with Gasteiger partial charge in [-0.2, -0.15) is 0 Å². The number of nitrogens with zero attached hydrogens (tertiary/aromatic N) is 2. The largest absolute Gasteiger partial charge is 0.478 e. The molecule has 0 bridgehead atoms. The summed E-state index contributed by atoms with van der Waals surface area (Å²) in [4.78, 5) is 29.2. The first-order chi connectivity index (χ1) is 12.9. The van der Waals surface area contributed by atoms with Crippen LogP contribution in [0.25, 0.3) is 6.08 Å². The number of carboxylic acids is 1. The first-order valence-electron chi connectivity index (χ1n) is 8.30. The molecule has 0 saturated carbocycles. The Morgan fingerprint density at radius 3 is 2.81 bits per heavy atom. The van der Waals surface area contributed by atoms with Crippen LogP contribution >= 0.6 is 23.2 Å². The van der Waals surface area contributed by atoms with E-state index in [2.05, 4.69) is 10.3 Å². The molecule has 2 aromatic rings. The lowest BCUT2D eigenvalue weighted by Crippen LogP contribution is -2.31. The number of carboxylic acid groups (broad SMARTS) is 1. The highest BCUT2D eigenvalue weighted by atomic mass is 35.5. The number of halogens is 2. The second kappa shape index (κ2) is 8.41. The Kier molecular flexibility index (Phi) is 5.98. The average molecular weight is 406 g/mol. The van der Waals surface area contributed by atoms with Crippen LogP contribution in [0.5, 0.6) is 0 Å². The van der Waals surface area contributed by atoms with Crippen LogP contribution in [0.3, 0.4) is 0 Å². The van der Waals surface area contributed by atoms with Gasteiger partial charge in [-0.25, -0.2) is 9.78 Å². The van der Waals surface area contributed by atoms with E-state index < -0.39 is 5.97 Å². The van der Waals surface area contributed by atoms with Gasteiger partial charge < -0.3 is 15.3 Å². The molecule has 1 aliphatic heterocycles. The molecule has 1 aromatic heterocycles. The zero-order valence-corrected chi connectivity index (χ0v) is 15.7. The summed E-state index contributed by atoms with van der Waals surface area (Å²) in [5.74, 6) is -0.593. The third-order valence-corrected chi connectivity index (χ3v) is 4.69. The van der Waals surface area contributed by atoms with E-state index >= 15 is 0 Å². The minimum Gasteiger partial charge on any atom is -0.478 e. The van der Waals surface area contributed by atoms with Crippen LogP contribution in [-0.2, 0) is 4.79 Å². The molecule has 2 heterocycles. The first-order valence-corrected chi connectivity index (χ1v) is 9.06. The number of hydrogen-bond donors (Lipinski definition) is 2. The van der Waals surface area contributed by atoms with E-state index in [-0.39, 0.29) is 11.9 Å². The minimum atomic E-state index is -1.04. The number of benzene rings is 1. The second-order valence-corrected chi connectivity index (χ2v) is 7.01. The molecule has 1 atom stereocenters. The molecule has 0 spiro atoms. The Balaban J connectivity index is 1.63. The van der Waals surface area contributed by atoms with Crippen LogP contribution in [0.1, 0.15) is 22.3 Å². The highest BCUT2D eigenvalue weighted by Gasteiger charge is 2.27. The summed E-state index contributed by atoms with van der Waals surface area (Å²) < 4.78 is 0. The molecule has 0 unspecified atom stereocenters. The summed E-state index contributed by atoms with van der Waals surface area (Å²) in [7, 11) is 0. The van der Waals surface area contributed by atoms with Gasteiger partial charge in [-0.15, -0.1) is 0 Å². The van der Waals surface area contributed by atoms with E-state index in [9.17, 15) is 9.59 Å². The van der Waals surface area contributed by atoms with Gasteiger partial charge in [0.15, 0.2) is 0 Å². The van der Waals surface area contributed by atoms with Gasteiger partial charge in [0.2, 0.25) is 0 Å². The van der Waals surface area contributed by atoms with Crippen molar-refractivity contribution in [2.75, 3.05) is 18.4 Å². The van der Waals surface area contributed by atoms with Crippen molar-refractivity contribution in [3.63, 3.8) is 0 Å². The number of carbonyl (C=O) groups excluding carboxylic acids is 1. The Morgan fingerprint density at radius 2 is 2.11 bits per heavy atom. The highest BCUT2D eigenvalue weighted by Crippen LogP contribution is 2.24. The molecule has 140 valence electrons. The second-order valence-electron chi connectivity index (χ2n) is 6.16. The van der Waals surface area contributed by atoms with Crippen molar-refractivity contribution in [3.05, 3.63) is 63.8 Å². The molecule has 1 saturated heterocycles. The molecule has 0 radical (unpaired) electrons. The zero-order chi connectivity index (χ0) is 19.4. The van der Waals surface area contributed by atoms with Crippen molar-refractivity contribution >= 4 is 47.0 Å². The summed E-state index contributed by atoms with van der Waals surface area (Å²) in [6.45, 7) is 1.16. The maximum atomic E-state index is 12.6. The molecule has 1 aromatic carbocycles. The van der Waals surface area contributed by atoms with Gasteiger partial charge in [-0.3, -0.25) is 4.79 Å². The Labute approximate surface area is 166 Å². The fourth-order valence-corrected chi connectivity index (χ4v) is 3.30. The molecule has 1 amide bonds. The average Bonchev–Trinajstić information content (AvgIpc) is 3.10. The van der Waals surface area contributed by atoms with E-state index in [4.69, 9.17) is 28.3 Å². The van der Waals surface area contributed by atoms with E-state index in [0.717, 1.165) is 12.5 Å². The SMILES string of the molecule is O=C(O)C=Cc1cnc(N[C@@H]2CCN(C(=O)c3cccc(Cl)c3)C2)c(Cl)c1. The molecular weight excluding hydrogens is 389 g/mol. The molecule has 6 nitrogen and oxygen atoms in total. The number of pyridine rings is 1. The number of likely N-dealkylation sites (tertiary alicyclic amines) is 1. The van der Waals surface area contributed by atoms with Crippen molar-refractivity contribution in [1.29, 1.82) is 0 Å². The summed E-state index contributed by atoms with van der Waals surface area (Å²) in [5.41, 5.74) is 1.16. The van der Waals surface area contributed by atoms with Gasteiger partial charge in [0.1, 0.15) is 5.82 Å². The Hall–Kier alpha value is -2.57. The highest BCUT2D eigenvalue weighted by molar-refractivity contribution is 6.33. The molecule has 27 heavy (non-hydrogen) atoms. The number of hydrogen-bond acceptors (Lipinski definition) is 4. The van der Waals surface area contributed by atoms with Crippen molar-refractivity contribution in [2.45, 2.75) is 12.5 Å². The summed E-state index contributed by atoms with van der Waals surface area (Å²) in [6.07, 6.45) is 4.76. The monoisotopic (exact) mass is 405 g/mol. The maximum absolute atomic E-state index is 12.6. The predicted octanol–water partition coefficient (Wildman–Crippen LogP) is 3.81. The lowest BCUT2D eigenvalue weighted by Gasteiger charge is -2.18. The fraction of sp³-hybridized carbons (Fsp3) is 0.211. The summed E-state index contributed by atoms with van der Waals surface area (Å²) in [6, 6.07) is 8.56. The number of nitrogens with one attached hydrogen (secondary N) is 1. The maximum Gasteiger partial charge on any atom is 0.328 e. The van der Waals surface area contributed by atoms with Crippen LogP contribution in [0.15, 0.2) is 42.6 Å². The Bertz CT molecular complexity index is 902. The van der Waals surface area contributed by atoms with Gasteiger partial charge in [0.05, 0.1) is 5.02 Å². The van der Waals surface area contributed by atoms with E-state index in [0.29, 0.717) is 40.1 Å². The van der Waals surface area contributed by atoms with Crippen LogP contribution in [0.4, 0.5) is 5.82 Å². The lowest BCUT2D eigenvalue weighted by atomic mass is 10.2. The number of carbonyl (C=O) groups is 2. The number of amides is 1. The van der Waals surface area contributed by atoms with E-state index in [1.807, 2.05) is 0 Å². The molecule has 1 fully saturated rings. The number of aromatic nitrogens is 1. The lowest BCUT2D eigenvalue weighted by molar-refractivity contribution is -0.131. The minimum absolute atomic E-state index is 0.0264. The normalized spacial score (nSPS) is 16.7. The van der Waals surface area contributed by atoms with Crippen LogP contribution < -0.4 is 5.32 Å². The number of aliphatic carboxylic acids is 1. The van der Waals surface area contributed by atoms with Crippen LogP contribution in [0.2, 0.25) is 10.0 Å². The van der Waals surface area contributed by atoms with Gasteiger partial charge >= 0.3 is 5.97 Å². The number of anilines is 1. The fourth-order valence-electron chi connectivity index (χ4n) is 2.88. The summed E-state index contributed by atoms with van der Waals surface area (Å²) in [5, 5.41) is 12.8. The van der Waals surface area contributed by atoms with Crippen molar-refractivity contribution < 1.29 is 14.7 Å². The van der Waals surface area contributed by atoms with Gasteiger partial charge in [-0.05, 0) is 42.3 Å². The molecule has 3 rings (SSSR count). The third-order valence-electron chi connectivity index (χ3n) is 4.17. The molecule has 1 aliphatic rings. The quantitative estimate of drug-likeness (QED) is 0.738. The molecule has 0 aliphatic carbocycles. The van der Waals surface area contributed by atoms with E-state index in [1.54, 1.807) is 35.2 Å².